The van der Waals surface area contributed by atoms with Crippen LogP contribution in [-0.2, 0) is 22.6 Å². The van der Waals surface area contributed by atoms with Crippen LogP contribution in [0.3, 0.4) is 0 Å². The van der Waals surface area contributed by atoms with Crippen LogP contribution in [0.1, 0.15) is 63.9 Å². The second-order valence-electron chi connectivity index (χ2n) is 12.2. The molecule has 13 heteroatoms. The second-order valence-corrected chi connectivity index (χ2v) is 12.2. The highest BCUT2D eigenvalue weighted by Crippen LogP contribution is 2.32. The Morgan fingerprint density at radius 3 is 2.42 bits per heavy atom. The Morgan fingerprint density at radius 1 is 0.840 bits per heavy atom. The number of nitrogens with one attached hydrogen (secondary N) is 2. The van der Waals surface area contributed by atoms with Crippen molar-refractivity contribution in [3.8, 4) is 28.5 Å². The van der Waals surface area contributed by atoms with Gasteiger partial charge in [-0.3, -0.25) is 29.4 Å². The molecule has 0 aliphatic carbocycles. The lowest BCUT2D eigenvalue weighted by atomic mass is 10.0. The third-order valence-corrected chi connectivity index (χ3v) is 8.64. The lowest BCUT2D eigenvalue weighted by Gasteiger charge is -2.27. The van der Waals surface area contributed by atoms with Gasteiger partial charge >= 0.3 is 0 Å². The zero-order chi connectivity index (χ0) is 35.0. The second kappa shape index (κ2) is 15.6. The maximum atomic E-state index is 13.0. The summed E-state index contributed by atoms with van der Waals surface area (Å²) in [4.78, 5) is 50.5. The number of carbonyl (C=O) groups excluding carboxylic acids is 4. The molecule has 3 aromatic carbocycles. The molecule has 0 radical (unpaired) electrons. The standard InChI is InChI=1S/C37H38N6O7/c38-34-32(21-29(41-42-34)27-6-2-3-7-31(27)44)50-19-16-23-8-10-24(11-9-23)22-39-17-4-1-5-18-49-25-12-13-26-28(20-25)37(48)43(36(26)47)30-14-15-33(45)40-35(30)46/h2-3,6-13,20-21,30,39,44H,1,4-5,14-19,22H2,(H2,38,42)(H,40,45,46). The molecule has 0 saturated carbocycles. The quantitative estimate of drug-likeness (QED) is 0.106. The van der Waals surface area contributed by atoms with Gasteiger partial charge in [0.25, 0.3) is 11.8 Å². The van der Waals surface area contributed by atoms with Crippen LogP contribution in [0, 0.1) is 0 Å². The fraction of sp³-hybridized carbons (Fsp3) is 0.297. The van der Waals surface area contributed by atoms with Crippen LogP contribution in [-0.4, -0.2) is 69.6 Å². The molecule has 5 N–H and O–H groups in total. The maximum absolute atomic E-state index is 13.0. The van der Waals surface area contributed by atoms with Crippen molar-refractivity contribution in [2.45, 2.75) is 51.1 Å². The topological polar surface area (TPSA) is 186 Å². The lowest BCUT2D eigenvalue weighted by Crippen LogP contribution is -2.54. The molecule has 50 heavy (non-hydrogen) atoms. The number of nitrogens with zero attached hydrogens (tertiary/aromatic N) is 3. The molecule has 1 unspecified atom stereocenters. The number of aromatic nitrogens is 2. The number of benzene rings is 3. The number of piperidine rings is 1. The molecule has 13 nitrogen and oxygen atoms in total. The number of phenols is 1. The smallest absolute Gasteiger partial charge is 0.262 e. The molecule has 1 fully saturated rings. The Bertz CT molecular complexity index is 1900. The van der Waals surface area contributed by atoms with Crippen LogP contribution in [0.5, 0.6) is 17.2 Å². The number of hydrogen-bond acceptors (Lipinski definition) is 11. The van der Waals surface area contributed by atoms with Gasteiger partial charge in [0, 0.05) is 31.0 Å². The third kappa shape index (κ3) is 7.90. The number of amides is 4. The molecule has 6 rings (SSSR count). The van der Waals surface area contributed by atoms with Crippen LogP contribution < -0.4 is 25.8 Å². The van der Waals surface area contributed by atoms with E-state index in [1.54, 1.807) is 42.5 Å². The van der Waals surface area contributed by atoms with Crippen molar-refractivity contribution in [2.24, 2.45) is 0 Å². The molecule has 1 saturated heterocycles. The summed E-state index contributed by atoms with van der Waals surface area (Å²) in [5.41, 5.74) is 9.73. The summed E-state index contributed by atoms with van der Waals surface area (Å²) >= 11 is 0. The van der Waals surface area contributed by atoms with Crippen LogP contribution in [0.4, 0.5) is 5.82 Å². The number of fused-ring (bicyclic) bond motifs is 1. The van der Waals surface area contributed by atoms with Crippen LogP contribution in [0.2, 0.25) is 0 Å². The number of hydrogen-bond donors (Lipinski definition) is 4. The van der Waals surface area contributed by atoms with Crippen molar-refractivity contribution in [3.63, 3.8) is 0 Å². The fourth-order valence-electron chi connectivity index (χ4n) is 5.92. The number of ether oxygens (including phenoxy) is 2. The van der Waals surface area contributed by atoms with Crippen LogP contribution in [0.15, 0.2) is 72.8 Å². The summed E-state index contributed by atoms with van der Waals surface area (Å²) in [6, 6.07) is 20.7. The van der Waals surface area contributed by atoms with E-state index >= 15 is 0 Å². The Kier molecular flexibility index (Phi) is 10.6. The molecule has 1 aromatic heterocycles. The first-order valence-corrected chi connectivity index (χ1v) is 16.6. The van der Waals surface area contributed by atoms with Gasteiger partial charge in [-0.2, -0.15) is 0 Å². The highest BCUT2D eigenvalue weighted by atomic mass is 16.5. The van der Waals surface area contributed by atoms with Crippen molar-refractivity contribution in [2.75, 3.05) is 25.5 Å². The first-order chi connectivity index (χ1) is 24.3. The molecule has 0 bridgehead atoms. The van der Waals surface area contributed by atoms with E-state index in [1.807, 2.05) is 6.07 Å². The Morgan fingerprint density at radius 2 is 1.62 bits per heavy atom. The number of phenolic OH excluding ortho intramolecular Hbond substituents is 1. The molecule has 2 aliphatic rings. The molecule has 3 heterocycles. The highest BCUT2D eigenvalue weighted by molar-refractivity contribution is 6.23. The average Bonchev–Trinajstić information content (AvgIpc) is 3.36. The van der Waals surface area contributed by atoms with Gasteiger partial charge in [0.15, 0.2) is 11.6 Å². The zero-order valence-electron chi connectivity index (χ0n) is 27.4. The van der Waals surface area contributed by atoms with E-state index in [2.05, 4.69) is 45.1 Å². The van der Waals surface area contributed by atoms with Gasteiger partial charge in [0.2, 0.25) is 11.8 Å². The molecular weight excluding hydrogens is 640 g/mol. The van der Waals surface area contributed by atoms with Crippen molar-refractivity contribution in [3.05, 3.63) is 95.1 Å². The molecule has 2 aliphatic heterocycles. The van der Waals surface area contributed by atoms with Crippen molar-refractivity contribution >= 4 is 29.4 Å². The summed E-state index contributed by atoms with van der Waals surface area (Å²) in [6.45, 7) is 2.47. The predicted molar refractivity (Wildman–Crippen MR) is 183 cm³/mol. The van der Waals surface area contributed by atoms with Gasteiger partial charge in [-0.15, -0.1) is 10.2 Å². The molecular formula is C37H38N6O7. The first kappa shape index (κ1) is 34.1. The fourth-order valence-corrected chi connectivity index (χ4v) is 5.92. The molecule has 4 aromatic rings. The molecule has 258 valence electrons. The monoisotopic (exact) mass is 678 g/mol. The maximum Gasteiger partial charge on any atom is 0.262 e. The van der Waals surface area contributed by atoms with Crippen LogP contribution >= 0.6 is 0 Å². The number of nitrogens with two attached hydrogens (primary N) is 1. The number of carbonyl (C=O) groups is 4. The van der Waals surface area contributed by atoms with E-state index < -0.39 is 29.7 Å². The van der Waals surface area contributed by atoms with E-state index in [0.717, 1.165) is 42.8 Å². The van der Waals surface area contributed by atoms with Gasteiger partial charge in [-0.1, -0.05) is 36.4 Å². The minimum atomic E-state index is -0.992. The third-order valence-electron chi connectivity index (χ3n) is 8.64. The van der Waals surface area contributed by atoms with E-state index in [4.69, 9.17) is 15.2 Å². The Hall–Kier alpha value is -5.82. The van der Waals surface area contributed by atoms with E-state index in [9.17, 15) is 24.3 Å². The molecule has 0 spiro atoms. The van der Waals surface area contributed by atoms with E-state index in [-0.39, 0.29) is 35.5 Å². The number of para-hydroxylation sites is 1. The number of unbranched alkanes of at least 4 members (excludes halogenated alkanes) is 2. The molecule has 1 atom stereocenters. The number of aromatic hydroxyl groups is 1. The summed E-state index contributed by atoms with van der Waals surface area (Å²) < 4.78 is 11.7. The van der Waals surface area contributed by atoms with Crippen molar-refractivity contribution in [1.29, 1.82) is 0 Å². The SMILES string of the molecule is Nc1nnc(-c2ccccc2O)cc1OCCc1ccc(CNCCCCCOc2ccc3c(c2)C(=O)N(C2CCC(=O)NC2=O)C3=O)cc1. The minimum absolute atomic E-state index is 0.0765. The van der Waals surface area contributed by atoms with Crippen molar-refractivity contribution in [1.82, 2.24) is 25.7 Å². The van der Waals surface area contributed by atoms with Gasteiger partial charge in [0.05, 0.1) is 24.3 Å². The van der Waals surface area contributed by atoms with Gasteiger partial charge < -0.3 is 25.6 Å². The number of rotatable bonds is 15. The normalized spacial score (nSPS) is 15.6. The number of imide groups is 2. The largest absolute Gasteiger partial charge is 0.507 e. The van der Waals surface area contributed by atoms with E-state index in [1.165, 1.54) is 5.56 Å². The minimum Gasteiger partial charge on any atom is -0.507 e. The Balaban J connectivity index is 0.862. The first-order valence-electron chi connectivity index (χ1n) is 16.6. The van der Waals surface area contributed by atoms with Gasteiger partial charge in [-0.05, 0) is 73.7 Å². The number of nitrogen functional groups attached to an aromatic ring is 1. The van der Waals surface area contributed by atoms with E-state index in [0.29, 0.717) is 42.4 Å². The van der Waals surface area contributed by atoms with Crippen molar-refractivity contribution < 1.29 is 33.8 Å². The lowest BCUT2D eigenvalue weighted by molar-refractivity contribution is -0.136. The highest BCUT2D eigenvalue weighted by Gasteiger charge is 2.44. The average molecular weight is 679 g/mol. The number of anilines is 1. The van der Waals surface area contributed by atoms with Crippen LogP contribution in [0.25, 0.3) is 11.3 Å². The summed E-state index contributed by atoms with van der Waals surface area (Å²) in [5, 5.41) is 23.8. The van der Waals surface area contributed by atoms with Gasteiger partial charge in [-0.25, -0.2) is 0 Å². The Labute approximate surface area is 288 Å². The molecule has 4 amide bonds. The summed E-state index contributed by atoms with van der Waals surface area (Å²) in [6.07, 6.45) is 3.61. The summed E-state index contributed by atoms with van der Waals surface area (Å²) in [7, 11) is 0. The zero-order valence-corrected chi connectivity index (χ0v) is 27.4. The summed E-state index contributed by atoms with van der Waals surface area (Å²) in [5.74, 6) is -0.926. The predicted octanol–water partition coefficient (Wildman–Crippen LogP) is 3.79. The van der Waals surface area contributed by atoms with Gasteiger partial charge in [0.1, 0.15) is 23.2 Å².